The van der Waals surface area contributed by atoms with E-state index in [-0.39, 0.29) is 6.04 Å². The predicted molar refractivity (Wildman–Crippen MR) is 181 cm³/mol. The van der Waals surface area contributed by atoms with E-state index in [1.165, 1.54) is 44.6 Å². The fourth-order valence-electron chi connectivity index (χ4n) is 5.81. The zero-order chi connectivity index (χ0) is 30.0. The number of aromatic nitrogens is 4. The summed E-state index contributed by atoms with van der Waals surface area (Å²) < 4.78 is 4.35. The van der Waals surface area contributed by atoms with Crippen molar-refractivity contribution in [2.24, 2.45) is 0 Å². The van der Waals surface area contributed by atoms with Crippen molar-refractivity contribution in [3.8, 4) is 50.6 Å². The van der Waals surface area contributed by atoms with Crippen LogP contribution < -0.4 is 0 Å². The summed E-state index contributed by atoms with van der Waals surface area (Å²) in [6.07, 6.45) is 2.02. The fraction of sp³-hybridized carbons (Fsp3) is 0.100. The van der Waals surface area contributed by atoms with Gasteiger partial charge in [-0.2, -0.15) is 0 Å². The second-order valence-corrected chi connectivity index (χ2v) is 11.4. The van der Waals surface area contributed by atoms with Gasteiger partial charge in [-0.15, -0.1) is 5.10 Å². The van der Waals surface area contributed by atoms with Crippen LogP contribution in [0.5, 0.6) is 0 Å². The Balaban J connectivity index is 1.35. The van der Waals surface area contributed by atoms with Crippen molar-refractivity contribution in [2.45, 2.75) is 26.8 Å². The summed E-state index contributed by atoms with van der Waals surface area (Å²) in [6.45, 7) is 6.43. The molecule has 4 heteroatoms. The van der Waals surface area contributed by atoms with Crippen LogP contribution in [0, 0.1) is 13.8 Å². The van der Waals surface area contributed by atoms with Crippen molar-refractivity contribution < 1.29 is 0 Å². The lowest BCUT2D eigenvalue weighted by molar-refractivity contribution is 0.543. The highest BCUT2D eigenvalue weighted by Crippen LogP contribution is 2.41. The largest absolute Gasteiger partial charge is 0.309 e. The third-order valence-corrected chi connectivity index (χ3v) is 8.37. The van der Waals surface area contributed by atoms with E-state index >= 15 is 0 Å². The quantitative estimate of drug-likeness (QED) is 0.191. The Morgan fingerprint density at radius 2 is 1.14 bits per heavy atom. The molecule has 5 aromatic carbocycles. The molecular weight excluding hydrogens is 536 g/mol. The van der Waals surface area contributed by atoms with Gasteiger partial charge >= 0.3 is 0 Å². The van der Waals surface area contributed by atoms with Crippen LogP contribution in [-0.2, 0) is 0 Å². The first-order chi connectivity index (χ1) is 21.5. The molecular formula is C40H34N4. The molecule has 214 valence electrons. The molecule has 4 nitrogen and oxygen atoms in total. The molecule has 0 saturated heterocycles. The lowest BCUT2D eigenvalue weighted by Crippen LogP contribution is -2.08. The molecule has 0 N–H and O–H groups in total. The minimum Gasteiger partial charge on any atom is -0.309 e. The van der Waals surface area contributed by atoms with Crippen molar-refractivity contribution in [1.29, 1.82) is 0 Å². The average molecular weight is 571 g/mol. The molecule has 0 saturated carbocycles. The third kappa shape index (κ3) is 5.27. The summed E-state index contributed by atoms with van der Waals surface area (Å²) in [4.78, 5) is 0. The molecule has 0 spiro atoms. The van der Waals surface area contributed by atoms with Gasteiger partial charge in [-0.1, -0.05) is 138 Å². The number of hydrogen-bond acceptors (Lipinski definition) is 2. The minimum absolute atomic E-state index is 0.0340. The number of hydrogen-bond donors (Lipinski definition) is 0. The van der Waals surface area contributed by atoms with E-state index in [0.717, 1.165) is 22.6 Å². The zero-order valence-corrected chi connectivity index (χ0v) is 25.2. The summed E-state index contributed by atoms with van der Waals surface area (Å²) in [5, 5.41) is 8.91. The van der Waals surface area contributed by atoms with Gasteiger partial charge in [0.25, 0.3) is 0 Å². The number of aryl methyl sites for hydroxylation is 2. The molecule has 0 aliphatic carbocycles. The smallest absolute Gasteiger partial charge is 0.113 e. The normalized spacial score (nSPS) is 11.9. The number of rotatable bonds is 7. The molecule has 1 unspecified atom stereocenters. The first kappa shape index (κ1) is 27.4. The van der Waals surface area contributed by atoms with Crippen LogP contribution in [0.1, 0.15) is 29.7 Å². The molecule has 0 fully saturated rings. The maximum Gasteiger partial charge on any atom is 0.113 e. The maximum absolute atomic E-state index is 4.47. The summed E-state index contributed by atoms with van der Waals surface area (Å²) in [5.41, 5.74) is 13.8. The van der Waals surface area contributed by atoms with Crippen molar-refractivity contribution in [1.82, 2.24) is 19.6 Å². The Hall–Kier alpha value is -5.48. The minimum atomic E-state index is 0.0340. The lowest BCUT2D eigenvalue weighted by Gasteiger charge is -2.18. The van der Waals surface area contributed by atoms with Crippen LogP contribution in [0.3, 0.4) is 0 Å². The van der Waals surface area contributed by atoms with Crippen molar-refractivity contribution >= 4 is 0 Å². The van der Waals surface area contributed by atoms with E-state index in [1.807, 2.05) is 29.1 Å². The Morgan fingerprint density at radius 3 is 1.75 bits per heavy atom. The van der Waals surface area contributed by atoms with E-state index in [9.17, 15) is 0 Å². The molecule has 0 aliphatic rings. The summed E-state index contributed by atoms with van der Waals surface area (Å²) in [7, 11) is 0. The Labute approximate surface area is 258 Å². The molecule has 0 radical (unpaired) electrons. The van der Waals surface area contributed by atoms with Gasteiger partial charge in [0.2, 0.25) is 0 Å². The highest BCUT2D eigenvalue weighted by Gasteiger charge is 2.21. The van der Waals surface area contributed by atoms with E-state index < -0.39 is 0 Å². The maximum atomic E-state index is 4.47. The molecule has 2 aromatic heterocycles. The predicted octanol–water partition coefficient (Wildman–Crippen LogP) is 9.96. The average Bonchev–Trinajstić information content (AvgIpc) is 3.73. The summed E-state index contributed by atoms with van der Waals surface area (Å²) >= 11 is 0. The zero-order valence-electron chi connectivity index (χ0n) is 25.2. The third-order valence-electron chi connectivity index (χ3n) is 8.37. The van der Waals surface area contributed by atoms with Crippen molar-refractivity contribution in [3.63, 3.8) is 0 Å². The van der Waals surface area contributed by atoms with Crippen LogP contribution >= 0.6 is 0 Å². The number of nitrogens with zero attached hydrogens (tertiary/aromatic N) is 4. The van der Waals surface area contributed by atoms with E-state index in [1.54, 1.807) is 0 Å². The second-order valence-electron chi connectivity index (χ2n) is 11.4. The SMILES string of the molecule is Cc1ccc(-c2cc(-c3ccccc3)c(-c3ccc(C)cc3)n2-c2ccc(C(C)n3cc(-c4ccccc4)nn3)cc2)cc1. The monoisotopic (exact) mass is 570 g/mol. The van der Waals surface area contributed by atoms with Gasteiger partial charge in [0.15, 0.2) is 0 Å². The number of benzene rings is 5. The van der Waals surface area contributed by atoms with Gasteiger partial charge in [0.1, 0.15) is 5.69 Å². The van der Waals surface area contributed by atoms with E-state index in [0.29, 0.717) is 0 Å². The van der Waals surface area contributed by atoms with Gasteiger partial charge in [0, 0.05) is 16.8 Å². The van der Waals surface area contributed by atoms with Gasteiger partial charge in [0.05, 0.1) is 23.6 Å². The van der Waals surface area contributed by atoms with Crippen LogP contribution in [0.4, 0.5) is 0 Å². The Morgan fingerprint density at radius 1 is 0.568 bits per heavy atom. The molecule has 0 bridgehead atoms. The van der Waals surface area contributed by atoms with Crippen LogP contribution in [0.15, 0.2) is 146 Å². The van der Waals surface area contributed by atoms with Gasteiger partial charge in [-0.05, 0) is 61.2 Å². The molecule has 7 rings (SSSR count). The Bertz CT molecular complexity index is 2000. The van der Waals surface area contributed by atoms with Crippen molar-refractivity contribution in [2.75, 3.05) is 0 Å². The molecule has 2 heterocycles. The molecule has 1 atom stereocenters. The molecule has 0 aliphatic heterocycles. The second kappa shape index (κ2) is 11.7. The summed E-state index contributed by atoms with van der Waals surface area (Å²) in [6, 6.07) is 49.8. The molecule has 44 heavy (non-hydrogen) atoms. The van der Waals surface area contributed by atoms with Gasteiger partial charge < -0.3 is 4.57 Å². The lowest BCUT2D eigenvalue weighted by atomic mass is 10.00. The first-order valence-electron chi connectivity index (χ1n) is 15.1. The molecule has 7 aromatic rings. The highest BCUT2D eigenvalue weighted by molar-refractivity contribution is 5.88. The molecule has 0 amide bonds. The van der Waals surface area contributed by atoms with Crippen molar-refractivity contribution in [3.05, 3.63) is 162 Å². The standard InChI is InChI=1S/C40H34N4/c1-28-14-18-34(19-15-28)39-26-37(32-10-6-4-7-11-32)40(35-20-16-29(2)17-21-35)44(39)36-24-22-31(23-25-36)30(3)43-27-38(41-42-43)33-12-8-5-9-13-33/h4-27,30H,1-3H3. The van der Waals surface area contributed by atoms with Crippen LogP contribution in [0.2, 0.25) is 0 Å². The topological polar surface area (TPSA) is 35.6 Å². The first-order valence-corrected chi connectivity index (χ1v) is 15.1. The van der Waals surface area contributed by atoms with Gasteiger partial charge in [-0.25, -0.2) is 4.68 Å². The van der Waals surface area contributed by atoms with E-state index in [4.69, 9.17) is 0 Å². The highest BCUT2D eigenvalue weighted by atomic mass is 15.4. The van der Waals surface area contributed by atoms with Crippen LogP contribution in [-0.4, -0.2) is 19.6 Å². The Kier molecular flexibility index (Phi) is 7.25. The van der Waals surface area contributed by atoms with Gasteiger partial charge in [-0.3, -0.25) is 0 Å². The van der Waals surface area contributed by atoms with E-state index in [2.05, 4.69) is 157 Å². The van der Waals surface area contributed by atoms with Crippen LogP contribution in [0.25, 0.3) is 50.6 Å². The fourth-order valence-corrected chi connectivity index (χ4v) is 5.81. The summed E-state index contributed by atoms with van der Waals surface area (Å²) in [5.74, 6) is 0.